The van der Waals surface area contributed by atoms with Crippen LogP contribution >= 0.6 is 15.9 Å². The minimum Gasteiger partial charge on any atom is -0.399 e. The van der Waals surface area contributed by atoms with Crippen LogP contribution in [0.15, 0.2) is 22.7 Å². The zero-order valence-corrected chi connectivity index (χ0v) is 12.4. The summed E-state index contributed by atoms with van der Waals surface area (Å²) in [5.41, 5.74) is 7.86. The minimum absolute atomic E-state index is 0.459. The first-order valence-corrected chi connectivity index (χ1v) is 7.36. The quantitative estimate of drug-likeness (QED) is 0.869. The predicted molar refractivity (Wildman–Crippen MR) is 78.5 cm³/mol. The maximum absolute atomic E-state index is 5.75. The number of nitrogens with zero attached hydrogens (tertiary/aromatic N) is 1. The van der Waals surface area contributed by atoms with Gasteiger partial charge in [0.05, 0.1) is 6.10 Å². The molecular weight excluding hydrogens is 292 g/mol. The summed E-state index contributed by atoms with van der Waals surface area (Å²) in [6.07, 6.45) is 2.74. The van der Waals surface area contributed by atoms with Crippen LogP contribution in [0.3, 0.4) is 0 Å². The van der Waals surface area contributed by atoms with E-state index < -0.39 is 0 Å². The maximum Gasteiger partial charge on any atom is 0.0599 e. The molecule has 18 heavy (non-hydrogen) atoms. The predicted octanol–water partition coefficient (Wildman–Crippen LogP) is 3.03. The molecule has 1 aromatic rings. The Balaban J connectivity index is 1.87. The van der Waals surface area contributed by atoms with Crippen molar-refractivity contribution in [3.63, 3.8) is 0 Å². The lowest BCUT2D eigenvalue weighted by Crippen LogP contribution is -2.36. The molecule has 100 valence electrons. The van der Waals surface area contributed by atoms with Gasteiger partial charge in [-0.3, -0.25) is 4.90 Å². The van der Waals surface area contributed by atoms with Gasteiger partial charge in [-0.2, -0.15) is 0 Å². The highest BCUT2D eigenvalue weighted by Gasteiger charge is 2.19. The number of anilines is 1. The number of hydrogen-bond donors (Lipinski definition) is 1. The molecule has 0 aliphatic carbocycles. The number of nitrogens with two attached hydrogens (primary N) is 1. The lowest BCUT2D eigenvalue weighted by Gasteiger charge is -2.31. The summed E-state index contributed by atoms with van der Waals surface area (Å²) in [4.78, 5) is 2.48. The molecule has 2 rings (SSSR count). The number of ether oxygens (including phenoxy) is 1. The number of likely N-dealkylation sites (tertiary alicyclic amines) is 1. The van der Waals surface area contributed by atoms with Gasteiger partial charge in [-0.15, -0.1) is 0 Å². The maximum atomic E-state index is 5.75. The van der Waals surface area contributed by atoms with Crippen LogP contribution in [0.1, 0.15) is 25.3 Å². The second-order valence-corrected chi connectivity index (χ2v) is 5.64. The Hall–Kier alpha value is -0.580. The number of benzene rings is 1. The Morgan fingerprint density at radius 2 is 2.11 bits per heavy atom. The van der Waals surface area contributed by atoms with Crippen LogP contribution in [-0.4, -0.2) is 30.7 Å². The Morgan fingerprint density at radius 3 is 2.72 bits per heavy atom. The first-order valence-electron chi connectivity index (χ1n) is 6.57. The first-order chi connectivity index (χ1) is 8.69. The van der Waals surface area contributed by atoms with E-state index in [1.807, 2.05) is 12.1 Å². The van der Waals surface area contributed by atoms with E-state index in [4.69, 9.17) is 10.5 Å². The summed E-state index contributed by atoms with van der Waals surface area (Å²) in [6.45, 7) is 6.11. The molecule has 0 radical (unpaired) electrons. The van der Waals surface area contributed by atoms with Crippen molar-refractivity contribution in [2.75, 3.05) is 25.4 Å². The SMILES string of the molecule is CCOC1CCN(Cc2ccc(N)cc2Br)CC1. The van der Waals surface area contributed by atoms with E-state index in [1.165, 1.54) is 5.56 Å². The van der Waals surface area contributed by atoms with Crippen molar-refractivity contribution < 1.29 is 4.74 Å². The highest BCUT2D eigenvalue weighted by Crippen LogP contribution is 2.23. The minimum atomic E-state index is 0.459. The molecule has 0 bridgehead atoms. The Bertz CT molecular complexity index is 389. The normalized spacial score (nSPS) is 18.1. The summed E-state index contributed by atoms with van der Waals surface area (Å²) < 4.78 is 6.77. The number of piperidine rings is 1. The number of hydrogen-bond acceptors (Lipinski definition) is 3. The van der Waals surface area contributed by atoms with Gasteiger partial charge in [0.1, 0.15) is 0 Å². The monoisotopic (exact) mass is 312 g/mol. The van der Waals surface area contributed by atoms with Gasteiger partial charge in [0.15, 0.2) is 0 Å². The van der Waals surface area contributed by atoms with Crippen molar-refractivity contribution in [3.8, 4) is 0 Å². The van der Waals surface area contributed by atoms with E-state index in [0.717, 1.165) is 49.2 Å². The summed E-state index contributed by atoms with van der Waals surface area (Å²) >= 11 is 3.58. The van der Waals surface area contributed by atoms with E-state index in [1.54, 1.807) is 0 Å². The van der Waals surface area contributed by atoms with Crippen LogP contribution in [0.5, 0.6) is 0 Å². The zero-order chi connectivity index (χ0) is 13.0. The van der Waals surface area contributed by atoms with Crippen LogP contribution in [0.25, 0.3) is 0 Å². The van der Waals surface area contributed by atoms with Crippen molar-refractivity contribution in [2.24, 2.45) is 0 Å². The molecule has 0 aromatic heterocycles. The van der Waals surface area contributed by atoms with Crippen LogP contribution in [0.2, 0.25) is 0 Å². The second kappa shape index (κ2) is 6.55. The van der Waals surface area contributed by atoms with Crippen LogP contribution in [0, 0.1) is 0 Å². The third-order valence-corrected chi connectivity index (χ3v) is 4.15. The Kier molecular flexibility index (Phi) is 5.03. The van der Waals surface area contributed by atoms with E-state index in [9.17, 15) is 0 Å². The van der Waals surface area contributed by atoms with Crippen LogP contribution in [-0.2, 0) is 11.3 Å². The third kappa shape index (κ3) is 3.70. The van der Waals surface area contributed by atoms with Crippen LogP contribution < -0.4 is 5.73 Å². The highest BCUT2D eigenvalue weighted by molar-refractivity contribution is 9.10. The molecule has 0 unspecified atom stereocenters. The molecule has 1 aliphatic heterocycles. The summed E-state index contributed by atoms with van der Waals surface area (Å²) in [7, 11) is 0. The van der Waals surface area contributed by atoms with E-state index in [0.29, 0.717) is 6.10 Å². The fourth-order valence-corrected chi connectivity index (χ4v) is 2.92. The molecule has 2 N–H and O–H groups in total. The van der Waals surface area contributed by atoms with Gasteiger partial charge in [-0.05, 0) is 37.5 Å². The molecule has 1 heterocycles. The van der Waals surface area contributed by atoms with Crippen molar-refractivity contribution >= 4 is 21.6 Å². The topological polar surface area (TPSA) is 38.5 Å². The summed E-state index contributed by atoms with van der Waals surface area (Å²) in [5.74, 6) is 0. The smallest absolute Gasteiger partial charge is 0.0599 e. The fraction of sp³-hybridized carbons (Fsp3) is 0.571. The molecule has 1 aromatic carbocycles. The molecule has 1 saturated heterocycles. The molecule has 0 amide bonds. The largest absolute Gasteiger partial charge is 0.399 e. The van der Waals surface area contributed by atoms with Crippen LogP contribution in [0.4, 0.5) is 5.69 Å². The molecule has 4 heteroatoms. The summed E-state index contributed by atoms with van der Waals surface area (Å²) in [6, 6.07) is 6.05. The van der Waals surface area contributed by atoms with Gasteiger partial charge in [0.25, 0.3) is 0 Å². The molecule has 0 saturated carbocycles. The third-order valence-electron chi connectivity index (χ3n) is 3.41. The van der Waals surface area contributed by atoms with Gasteiger partial charge in [-0.1, -0.05) is 22.0 Å². The average molecular weight is 313 g/mol. The van der Waals surface area contributed by atoms with Crippen molar-refractivity contribution in [3.05, 3.63) is 28.2 Å². The fourth-order valence-electron chi connectivity index (χ4n) is 2.40. The van der Waals surface area contributed by atoms with Gasteiger partial charge in [0.2, 0.25) is 0 Å². The highest BCUT2D eigenvalue weighted by atomic mass is 79.9. The molecule has 1 aliphatic rings. The van der Waals surface area contributed by atoms with Gasteiger partial charge in [-0.25, -0.2) is 0 Å². The van der Waals surface area contributed by atoms with Gasteiger partial charge < -0.3 is 10.5 Å². The van der Waals surface area contributed by atoms with Gasteiger partial charge >= 0.3 is 0 Å². The number of rotatable bonds is 4. The first kappa shape index (κ1) is 13.8. The standard InChI is InChI=1S/C14H21BrN2O/c1-2-18-13-5-7-17(8-6-13)10-11-3-4-12(16)9-14(11)15/h3-4,9,13H,2,5-8,10,16H2,1H3. The van der Waals surface area contributed by atoms with E-state index >= 15 is 0 Å². The lowest BCUT2D eigenvalue weighted by atomic mass is 10.1. The molecule has 0 spiro atoms. The number of nitrogen functional groups attached to an aromatic ring is 1. The Labute approximate surface area is 117 Å². The average Bonchev–Trinajstić information content (AvgIpc) is 2.35. The lowest BCUT2D eigenvalue weighted by molar-refractivity contribution is 0.0125. The zero-order valence-electron chi connectivity index (χ0n) is 10.9. The van der Waals surface area contributed by atoms with E-state index in [-0.39, 0.29) is 0 Å². The van der Waals surface area contributed by atoms with Crippen molar-refractivity contribution in [1.82, 2.24) is 4.90 Å². The Morgan fingerprint density at radius 1 is 1.39 bits per heavy atom. The molecule has 1 fully saturated rings. The van der Waals surface area contributed by atoms with Crippen molar-refractivity contribution in [1.29, 1.82) is 0 Å². The van der Waals surface area contributed by atoms with Crippen molar-refractivity contribution in [2.45, 2.75) is 32.4 Å². The number of halogens is 1. The summed E-state index contributed by atoms with van der Waals surface area (Å²) in [5, 5.41) is 0. The molecule has 3 nitrogen and oxygen atoms in total. The van der Waals surface area contributed by atoms with Gasteiger partial charge in [0, 0.05) is 36.4 Å². The molecule has 0 atom stereocenters. The second-order valence-electron chi connectivity index (χ2n) is 4.78. The van der Waals surface area contributed by atoms with E-state index in [2.05, 4.69) is 33.8 Å². The molecular formula is C14H21BrN2O.